The van der Waals surface area contributed by atoms with Crippen LogP contribution in [0.5, 0.6) is 5.75 Å². The number of amides is 1. The fourth-order valence-electron chi connectivity index (χ4n) is 1.75. The summed E-state index contributed by atoms with van der Waals surface area (Å²) in [6.45, 7) is 0. The van der Waals surface area contributed by atoms with Gasteiger partial charge in [-0.25, -0.2) is 13.6 Å². The summed E-state index contributed by atoms with van der Waals surface area (Å²) in [6, 6.07) is 6.72. The van der Waals surface area contributed by atoms with Crippen LogP contribution in [0.1, 0.15) is 20.7 Å². The maximum Gasteiger partial charge on any atom is 0.341 e. The zero-order valence-electron chi connectivity index (χ0n) is 11.4. The normalized spacial score (nSPS) is 10.1. The van der Waals surface area contributed by atoms with Gasteiger partial charge in [0.1, 0.15) is 5.56 Å². The van der Waals surface area contributed by atoms with Gasteiger partial charge < -0.3 is 15.2 Å². The summed E-state index contributed by atoms with van der Waals surface area (Å²) in [5, 5.41) is 12.2. The number of benzene rings is 2. The number of phenols is 1. The number of esters is 1. The van der Waals surface area contributed by atoms with Gasteiger partial charge in [0.15, 0.2) is 17.4 Å². The van der Waals surface area contributed by atoms with Crippen molar-refractivity contribution in [2.24, 2.45) is 0 Å². The largest absolute Gasteiger partial charge is 0.505 e. The number of carbonyl (C=O) groups excluding carboxylic acids is 2. The average Bonchev–Trinajstić information content (AvgIpc) is 2.51. The van der Waals surface area contributed by atoms with Crippen molar-refractivity contribution in [3.8, 4) is 5.75 Å². The fourth-order valence-corrected chi connectivity index (χ4v) is 1.75. The highest BCUT2D eigenvalue weighted by atomic mass is 19.2. The van der Waals surface area contributed by atoms with E-state index in [0.29, 0.717) is 0 Å². The Balaban J connectivity index is 2.28. The molecule has 0 aliphatic heterocycles. The van der Waals surface area contributed by atoms with Crippen LogP contribution in [0, 0.1) is 11.6 Å². The minimum Gasteiger partial charge on any atom is -0.505 e. The smallest absolute Gasteiger partial charge is 0.341 e. The van der Waals surface area contributed by atoms with Gasteiger partial charge in [0.25, 0.3) is 5.91 Å². The molecule has 7 heteroatoms. The predicted molar refractivity (Wildman–Crippen MR) is 73.8 cm³/mol. The number of halogens is 2. The van der Waals surface area contributed by atoms with Crippen molar-refractivity contribution in [2.45, 2.75) is 0 Å². The first kappa shape index (κ1) is 15.4. The van der Waals surface area contributed by atoms with E-state index in [4.69, 9.17) is 0 Å². The van der Waals surface area contributed by atoms with Crippen LogP contribution >= 0.6 is 0 Å². The number of phenolic OH excluding ortho intramolecular Hbond substituents is 1. The number of ether oxygens (including phenoxy) is 1. The molecule has 2 N–H and O–H groups in total. The molecule has 0 atom stereocenters. The van der Waals surface area contributed by atoms with E-state index in [9.17, 15) is 23.5 Å². The molecule has 0 saturated carbocycles. The first-order chi connectivity index (χ1) is 10.4. The summed E-state index contributed by atoms with van der Waals surface area (Å²) < 4.78 is 30.4. The molecule has 0 radical (unpaired) electrons. The van der Waals surface area contributed by atoms with Crippen LogP contribution in [0.4, 0.5) is 14.5 Å². The molecule has 0 fully saturated rings. The molecule has 5 nitrogen and oxygen atoms in total. The van der Waals surface area contributed by atoms with Gasteiger partial charge in [0, 0.05) is 5.56 Å². The van der Waals surface area contributed by atoms with Crippen LogP contribution in [-0.4, -0.2) is 24.1 Å². The number of anilines is 1. The van der Waals surface area contributed by atoms with Gasteiger partial charge in [-0.15, -0.1) is 0 Å². The lowest BCUT2D eigenvalue weighted by molar-refractivity contribution is 0.0597. The Kier molecular flexibility index (Phi) is 4.36. The number of hydrogen-bond donors (Lipinski definition) is 2. The number of hydrogen-bond acceptors (Lipinski definition) is 4. The Bertz CT molecular complexity index is 746. The van der Waals surface area contributed by atoms with E-state index in [1.807, 2.05) is 0 Å². The van der Waals surface area contributed by atoms with Crippen molar-refractivity contribution in [3.63, 3.8) is 0 Å². The number of carbonyl (C=O) groups is 2. The van der Waals surface area contributed by atoms with Crippen molar-refractivity contribution in [1.82, 2.24) is 0 Å². The van der Waals surface area contributed by atoms with Crippen LogP contribution in [0.2, 0.25) is 0 Å². The Labute approximate surface area is 124 Å². The molecule has 0 saturated heterocycles. The Hall–Kier alpha value is -2.96. The minimum atomic E-state index is -1.17. The zero-order chi connectivity index (χ0) is 16.3. The molecule has 2 aromatic rings. The van der Waals surface area contributed by atoms with Crippen molar-refractivity contribution < 1.29 is 28.2 Å². The van der Waals surface area contributed by atoms with E-state index < -0.39 is 29.3 Å². The molecule has 0 spiro atoms. The monoisotopic (exact) mass is 307 g/mol. The van der Waals surface area contributed by atoms with Crippen LogP contribution in [-0.2, 0) is 4.74 Å². The molecule has 2 aromatic carbocycles. The summed E-state index contributed by atoms with van der Waals surface area (Å²) in [7, 11) is 1.15. The highest BCUT2D eigenvalue weighted by molar-refractivity contribution is 6.06. The third kappa shape index (κ3) is 3.03. The molecule has 1 amide bonds. The summed E-state index contributed by atoms with van der Waals surface area (Å²) in [5.41, 5.74) is -0.329. The second-order valence-corrected chi connectivity index (χ2v) is 4.28. The third-order valence-corrected chi connectivity index (χ3v) is 2.87. The van der Waals surface area contributed by atoms with Crippen LogP contribution in [0.15, 0.2) is 36.4 Å². The third-order valence-electron chi connectivity index (χ3n) is 2.87. The lowest BCUT2D eigenvalue weighted by Crippen LogP contribution is -2.13. The first-order valence-corrected chi connectivity index (χ1v) is 6.10. The molecule has 0 unspecified atom stereocenters. The predicted octanol–water partition coefficient (Wildman–Crippen LogP) is 2.71. The van der Waals surface area contributed by atoms with E-state index in [1.165, 1.54) is 18.2 Å². The topological polar surface area (TPSA) is 75.6 Å². The molecule has 0 aromatic heterocycles. The van der Waals surface area contributed by atoms with Crippen LogP contribution in [0.3, 0.4) is 0 Å². The zero-order valence-corrected chi connectivity index (χ0v) is 11.4. The molecule has 114 valence electrons. The quantitative estimate of drug-likeness (QED) is 0.675. The van der Waals surface area contributed by atoms with Gasteiger partial charge in [-0.05, 0) is 30.3 Å². The van der Waals surface area contributed by atoms with Crippen LogP contribution in [0.25, 0.3) is 0 Å². The molecule has 0 aliphatic carbocycles. The second kappa shape index (κ2) is 6.21. The standard InChI is InChI=1S/C15H11F2NO4/c1-22-15(21)9-3-2-4-12(13(9)19)18-14(20)8-5-6-10(16)11(17)7-8/h2-7,19H,1H3,(H,18,20). The average molecular weight is 307 g/mol. The Morgan fingerprint density at radius 3 is 2.50 bits per heavy atom. The molecule has 22 heavy (non-hydrogen) atoms. The lowest BCUT2D eigenvalue weighted by Gasteiger charge is -2.10. The summed E-state index contributed by atoms with van der Waals surface area (Å²) in [5.74, 6) is -4.27. The molecule has 0 heterocycles. The Morgan fingerprint density at radius 1 is 1.14 bits per heavy atom. The van der Waals surface area contributed by atoms with Crippen molar-refractivity contribution >= 4 is 17.6 Å². The van der Waals surface area contributed by atoms with Gasteiger partial charge in [-0.3, -0.25) is 4.79 Å². The Morgan fingerprint density at radius 2 is 1.86 bits per heavy atom. The highest BCUT2D eigenvalue weighted by Gasteiger charge is 2.17. The number of rotatable bonds is 3. The number of methoxy groups -OCH3 is 1. The first-order valence-electron chi connectivity index (χ1n) is 6.10. The summed E-state index contributed by atoms with van der Waals surface area (Å²) in [4.78, 5) is 23.4. The lowest BCUT2D eigenvalue weighted by atomic mass is 10.1. The van der Waals surface area contributed by atoms with Gasteiger partial charge in [0.2, 0.25) is 0 Å². The van der Waals surface area contributed by atoms with E-state index in [-0.39, 0.29) is 16.8 Å². The summed E-state index contributed by atoms with van der Waals surface area (Å²) in [6.07, 6.45) is 0. The van der Waals surface area contributed by atoms with E-state index in [0.717, 1.165) is 25.3 Å². The molecular formula is C15H11F2NO4. The number of nitrogens with one attached hydrogen (secondary N) is 1. The maximum atomic E-state index is 13.1. The molecular weight excluding hydrogens is 296 g/mol. The highest BCUT2D eigenvalue weighted by Crippen LogP contribution is 2.28. The van der Waals surface area contributed by atoms with Crippen molar-refractivity contribution in [1.29, 1.82) is 0 Å². The van der Waals surface area contributed by atoms with E-state index >= 15 is 0 Å². The van der Waals surface area contributed by atoms with E-state index in [1.54, 1.807) is 0 Å². The number of para-hydroxylation sites is 1. The van der Waals surface area contributed by atoms with Crippen molar-refractivity contribution in [2.75, 3.05) is 12.4 Å². The second-order valence-electron chi connectivity index (χ2n) is 4.28. The summed E-state index contributed by atoms with van der Waals surface area (Å²) >= 11 is 0. The van der Waals surface area contributed by atoms with Crippen molar-refractivity contribution in [3.05, 3.63) is 59.2 Å². The van der Waals surface area contributed by atoms with Gasteiger partial charge in [0.05, 0.1) is 12.8 Å². The fraction of sp³-hybridized carbons (Fsp3) is 0.0667. The van der Waals surface area contributed by atoms with E-state index in [2.05, 4.69) is 10.1 Å². The van der Waals surface area contributed by atoms with Gasteiger partial charge >= 0.3 is 5.97 Å². The van der Waals surface area contributed by atoms with Crippen LogP contribution < -0.4 is 5.32 Å². The maximum absolute atomic E-state index is 13.1. The molecule has 2 rings (SSSR count). The number of aromatic hydroxyl groups is 1. The SMILES string of the molecule is COC(=O)c1cccc(NC(=O)c2ccc(F)c(F)c2)c1O. The molecule has 0 bridgehead atoms. The molecule has 0 aliphatic rings. The minimum absolute atomic E-state index is 0.0577. The van der Waals surface area contributed by atoms with Gasteiger partial charge in [-0.2, -0.15) is 0 Å². The van der Waals surface area contributed by atoms with Gasteiger partial charge in [-0.1, -0.05) is 6.07 Å².